The Morgan fingerprint density at radius 1 is 1.37 bits per heavy atom. The van der Waals surface area contributed by atoms with Gasteiger partial charge in [0.05, 0.1) is 0 Å². The number of nitrogens with two attached hydrogens (primary N) is 1. The first-order valence-corrected chi connectivity index (χ1v) is 5.53. The molecule has 0 amide bonds. The van der Waals surface area contributed by atoms with E-state index < -0.39 is 0 Å². The third-order valence-corrected chi connectivity index (χ3v) is 2.49. The van der Waals surface area contributed by atoms with E-state index in [1.165, 1.54) is 6.33 Å². The van der Waals surface area contributed by atoms with E-state index in [0.717, 1.165) is 0 Å². The normalized spacial score (nSPS) is 10.6. The van der Waals surface area contributed by atoms with E-state index in [9.17, 15) is 0 Å². The molecule has 0 spiro atoms. The molecule has 0 atom stereocenters. The van der Waals surface area contributed by atoms with Gasteiger partial charge >= 0.3 is 0 Å². The Morgan fingerprint density at radius 2 is 2.26 bits per heavy atom. The standard InChI is InChI=1S/C11H11N7O/c1-7-4-8(17-19-7)16-10-9(12)11(15-5-14-10)18-3-2-13-6-18/h2-6H,12H2,1H3,(H,14,15,16,17). The van der Waals surface area contributed by atoms with Crippen molar-refractivity contribution in [3.63, 3.8) is 0 Å². The van der Waals surface area contributed by atoms with Crippen LogP contribution in [0.1, 0.15) is 5.76 Å². The number of aryl methyl sites for hydroxylation is 1. The number of imidazole rings is 1. The van der Waals surface area contributed by atoms with Crippen LogP contribution in [0.15, 0.2) is 35.6 Å². The lowest BCUT2D eigenvalue weighted by atomic mass is 10.4. The van der Waals surface area contributed by atoms with Crippen LogP contribution in [0.4, 0.5) is 17.3 Å². The van der Waals surface area contributed by atoms with E-state index in [1.807, 2.05) is 0 Å². The molecule has 0 aliphatic rings. The Bertz CT molecular complexity index is 689. The summed E-state index contributed by atoms with van der Waals surface area (Å²) >= 11 is 0. The van der Waals surface area contributed by atoms with E-state index in [0.29, 0.717) is 28.9 Å². The van der Waals surface area contributed by atoms with Crippen LogP contribution in [0.3, 0.4) is 0 Å². The number of nitrogens with zero attached hydrogens (tertiary/aromatic N) is 5. The zero-order valence-corrected chi connectivity index (χ0v) is 10.1. The summed E-state index contributed by atoms with van der Waals surface area (Å²) in [4.78, 5) is 12.2. The minimum Gasteiger partial charge on any atom is -0.393 e. The van der Waals surface area contributed by atoms with Gasteiger partial charge in [-0.25, -0.2) is 15.0 Å². The van der Waals surface area contributed by atoms with Crippen molar-refractivity contribution in [3.8, 4) is 5.82 Å². The molecule has 0 unspecified atom stereocenters. The third-order valence-electron chi connectivity index (χ3n) is 2.49. The van der Waals surface area contributed by atoms with Gasteiger partial charge in [0.25, 0.3) is 0 Å². The summed E-state index contributed by atoms with van der Waals surface area (Å²) in [6, 6.07) is 1.75. The van der Waals surface area contributed by atoms with Crippen molar-refractivity contribution in [1.29, 1.82) is 0 Å². The van der Waals surface area contributed by atoms with Crippen molar-refractivity contribution in [3.05, 3.63) is 36.9 Å². The largest absolute Gasteiger partial charge is 0.393 e. The molecule has 0 saturated heterocycles. The number of nitrogen functional groups attached to an aromatic ring is 1. The van der Waals surface area contributed by atoms with Crippen molar-refractivity contribution >= 4 is 17.3 Å². The van der Waals surface area contributed by atoms with Crippen LogP contribution in [-0.4, -0.2) is 24.7 Å². The predicted octanol–water partition coefficient (Wildman–Crippen LogP) is 1.28. The van der Waals surface area contributed by atoms with Crippen LogP contribution in [-0.2, 0) is 0 Å². The lowest BCUT2D eigenvalue weighted by Crippen LogP contribution is -2.06. The first-order valence-electron chi connectivity index (χ1n) is 5.53. The second-order valence-electron chi connectivity index (χ2n) is 3.88. The van der Waals surface area contributed by atoms with E-state index in [2.05, 4.69) is 25.4 Å². The number of aromatic nitrogens is 5. The van der Waals surface area contributed by atoms with Crippen LogP contribution in [0.2, 0.25) is 0 Å². The van der Waals surface area contributed by atoms with Gasteiger partial charge in [-0.15, -0.1) is 0 Å². The smallest absolute Gasteiger partial charge is 0.175 e. The van der Waals surface area contributed by atoms with Crippen LogP contribution in [0, 0.1) is 6.92 Å². The highest BCUT2D eigenvalue weighted by atomic mass is 16.5. The summed E-state index contributed by atoms with van der Waals surface area (Å²) in [6.45, 7) is 1.80. The maximum absolute atomic E-state index is 6.03. The summed E-state index contributed by atoms with van der Waals surface area (Å²) in [5.41, 5.74) is 6.44. The van der Waals surface area contributed by atoms with E-state index in [4.69, 9.17) is 10.3 Å². The first kappa shape index (κ1) is 11.2. The van der Waals surface area contributed by atoms with Gasteiger partial charge < -0.3 is 15.6 Å². The highest BCUT2D eigenvalue weighted by Gasteiger charge is 2.11. The van der Waals surface area contributed by atoms with Gasteiger partial charge in [0.2, 0.25) is 0 Å². The summed E-state index contributed by atoms with van der Waals surface area (Å²) < 4.78 is 6.67. The zero-order valence-electron chi connectivity index (χ0n) is 10.1. The van der Waals surface area contributed by atoms with Gasteiger partial charge in [-0.2, -0.15) is 0 Å². The molecule has 0 radical (unpaired) electrons. The van der Waals surface area contributed by atoms with Crippen LogP contribution in [0.25, 0.3) is 5.82 Å². The fourth-order valence-corrected chi connectivity index (χ4v) is 1.62. The molecule has 0 aliphatic heterocycles. The fraction of sp³-hybridized carbons (Fsp3) is 0.0909. The Kier molecular flexibility index (Phi) is 2.60. The molecule has 8 nitrogen and oxygen atoms in total. The molecule has 3 rings (SSSR count). The monoisotopic (exact) mass is 257 g/mol. The van der Waals surface area contributed by atoms with Gasteiger partial charge in [0, 0.05) is 18.5 Å². The number of anilines is 3. The molecular formula is C11H11N7O. The number of hydrogen-bond acceptors (Lipinski definition) is 7. The molecule has 96 valence electrons. The van der Waals surface area contributed by atoms with E-state index in [-0.39, 0.29) is 0 Å². The Morgan fingerprint density at radius 3 is 2.95 bits per heavy atom. The first-order chi connectivity index (χ1) is 9.24. The van der Waals surface area contributed by atoms with Gasteiger partial charge in [0.1, 0.15) is 24.1 Å². The van der Waals surface area contributed by atoms with Crippen LogP contribution in [0.5, 0.6) is 0 Å². The molecular weight excluding hydrogens is 246 g/mol. The molecule has 0 fully saturated rings. The molecule has 3 N–H and O–H groups in total. The number of rotatable bonds is 3. The average Bonchev–Trinajstić information content (AvgIpc) is 3.04. The predicted molar refractivity (Wildman–Crippen MR) is 68.1 cm³/mol. The third kappa shape index (κ3) is 2.10. The summed E-state index contributed by atoms with van der Waals surface area (Å²) in [5.74, 6) is 2.26. The number of hydrogen-bond donors (Lipinski definition) is 2. The Hall–Kier alpha value is -2.90. The average molecular weight is 257 g/mol. The van der Waals surface area contributed by atoms with Gasteiger partial charge in [-0.05, 0) is 6.92 Å². The lowest BCUT2D eigenvalue weighted by molar-refractivity contribution is 0.400. The summed E-state index contributed by atoms with van der Waals surface area (Å²) in [6.07, 6.45) is 6.43. The van der Waals surface area contributed by atoms with Crippen LogP contribution >= 0.6 is 0 Å². The molecule has 8 heteroatoms. The highest BCUT2D eigenvalue weighted by Crippen LogP contribution is 2.24. The quantitative estimate of drug-likeness (QED) is 0.727. The SMILES string of the molecule is Cc1cc(Nc2ncnc(-n3ccnc3)c2N)no1. The second-order valence-corrected chi connectivity index (χ2v) is 3.88. The zero-order chi connectivity index (χ0) is 13.2. The topological polar surface area (TPSA) is 108 Å². The minimum atomic E-state index is 0.404. The van der Waals surface area contributed by atoms with Gasteiger partial charge in [0.15, 0.2) is 17.5 Å². The van der Waals surface area contributed by atoms with E-state index in [1.54, 1.807) is 36.3 Å². The molecule has 0 saturated carbocycles. The lowest BCUT2D eigenvalue weighted by Gasteiger charge is -2.09. The molecule has 0 aliphatic carbocycles. The number of nitrogens with one attached hydrogen (secondary N) is 1. The Balaban J connectivity index is 1.97. The van der Waals surface area contributed by atoms with Crippen molar-refractivity contribution < 1.29 is 4.52 Å². The van der Waals surface area contributed by atoms with Gasteiger partial charge in [-0.1, -0.05) is 5.16 Å². The van der Waals surface area contributed by atoms with Crippen LogP contribution < -0.4 is 11.1 Å². The minimum absolute atomic E-state index is 0.404. The van der Waals surface area contributed by atoms with Gasteiger partial charge in [-0.3, -0.25) is 4.57 Å². The fourth-order valence-electron chi connectivity index (χ4n) is 1.62. The van der Waals surface area contributed by atoms with E-state index >= 15 is 0 Å². The molecule has 3 aromatic heterocycles. The molecule has 3 aromatic rings. The molecule has 19 heavy (non-hydrogen) atoms. The Labute approximate surface area is 108 Å². The maximum Gasteiger partial charge on any atom is 0.175 e. The molecule has 0 bridgehead atoms. The summed E-state index contributed by atoms with van der Waals surface area (Å²) in [7, 11) is 0. The van der Waals surface area contributed by atoms with Crippen molar-refractivity contribution in [2.45, 2.75) is 6.92 Å². The van der Waals surface area contributed by atoms with Crippen molar-refractivity contribution in [2.24, 2.45) is 0 Å². The van der Waals surface area contributed by atoms with Crippen molar-refractivity contribution in [2.75, 3.05) is 11.1 Å². The highest BCUT2D eigenvalue weighted by molar-refractivity contribution is 5.72. The molecule has 0 aromatic carbocycles. The second kappa shape index (κ2) is 4.41. The van der Waals surface area contributed by atoms with Crippen molar-refractivity contribution in [1.82, 2.24) is 24.7 Å². The maximum atomic E-state index is 6.03. The summed E-state index contributed by atoms with van der Waals surface area (Å²) in [5, 5.41) is 6.80. The molecule has 3 heterocycles.